The predicted molar refractivity (Wildman–Crippen MR) is 69.8 cm³/mol. The molecule has 0 radical (unpaired) electrons. The van der Waals surface area contributed by atoms with Crippen molar-refractivity contribution in [2.45, 2.75) is 11.1 Å². The number of carbonyl (C=O) groups excluding carboxylic acids is 1. The van der Waals surface area contributed by atoms with Crippen molar-refractivity contribution in [3.05, 3.63) is 36.4 Å². The van der Waals surface area contributed by atoms with Gasteiger partial charge in [-0.15, -0.1) is 18.3 Å². The maximum Gasteiger partial charge on any atom is 0.416 e. The van der Waals surface area contributed by atoms with Crippen LogP contribution in [0.5, 0.6) is 0 Å². The Morgan fingerprint density at radius 1 is 1.47 bits per heavy atom. The molecule has 1 amide bonds. The summed E-state index contributed by atoms with van der Waals surface area (Å²) in [4.78, 5) is 11.8. The van der Waals surface area contributed by atoms with Crippen molar-refractivity contribution in [2.24, 2.45) is 0 Å². The number of hydrogen-bond donors (Lipinski definition) is 2. The van der Waals surface area contributed by atoms with Crippen molar-refractivity contribution < 1.29 is 18.0 Å². The number of nitrogens with one attached hydrogen (secondary N) is 1. The molecule has 19 heavy (non-hydrogen) atoms. The van der Waals surface area contributed by atoms with Crippen LogP contribution in [-0.2, 0) is 11.0 Å². The van der Waals surface area contributed by atoms with Gasteiger partial charge in [0.15, 0.2) is 0 Å². The third-order valence-electron chi connectivity index (χ3n) is 2.14. The van der Waals surface area contributed by atoms with Crippen LogP contribution in [0.25, 0.3) is 0 Å². The number of benzene rings is 1. The highest BCUT2D eigenvalue weighted by Gasteiger charge is 2.30. The third-order valence-corrected chi connectivity index (χ3v) is 3.23. The number of amides is 1. The van der Waals surface area contributed by atoms with Gasteiger partial charge in [-0.1, -0.05) is 6.08 Å². The molecule has 3 nitrogen and oxygen atoms in total. The van der Waals surface area contributed by atoms with E-state index in [1.165, 1.54) is 12.1 Å². The zero-order valence-electron chi connectivity index (χ0n) is 9.96. The van der Waals surface area contributed by atoms with Crippen molar-refractivity contribution in [3.63, 3.8) is 0 Å². The van der Waals surface area contributed by atoms with Gasteiger partial charge in [0.1, 0.15) is 0 Å². The van der Waals surface area contributed by atoms with E-state index in [0.29, 0.717) is 11.4 Å². The first-order valence-electron chi connectivity index (χ1n) is 5.31. The molecular weight excluding hydrogens is 277 g/mol. The molecule has 1 aromatic rings. The van der Waals surface area contributed by atoms with Gasteiger partial charge in [0.25, 0.3) is 0 Å². The van der Waals surface area contributed by atoms with E-state index in [1.54, 1.807) is 0 Å². The minimum Gasteiger partial charge on any atom is -0.398 e. The van der Waals surface area contributed by atoms with E-state index < -0.39 is 11.7 Å². The predicted octanol–water partition coefficient (Wildman–Crippen LogP) is 2.68. The molecule has 0 spiro atoms. The molecule has 0 aliphatic rings. The minimum atomic E-state index is -4.42. The van der Waals surface area contributed by atoms with Gasteiger partial charge in [0.2, 0.25) is 5.91 Å². The normalized spacial score (nSPS) is 11.1. The number of alkyl halides is 3. The van der Waals surface area contributed by atoms with Crippen molar-refractivity contribution in [1.82, 2.24) is 5.32 Å². The summed E-state index contributed by atoms with van der Waals surface area (Å²) in [5.74, 6) is -0.146. The zero-order valence-corrected chi connectivity index (χ0v) is 10.8. The van der Waals surface area contributed by atoms with Crippen LogP contribution in [0.1, 0.15) is 5.56 Å². The Kier molecular flexibility index (Phi) is 5.29. The molecule has 1 aromatic carbocycles. The summed E-state index contributed by atoms with van der Waals surface area (Å²) in [5.41, 5.74) is 4.75. The monoisotopic (exact) mass is 290 g/mol. The van der Waals surface area contributed by atoms with E-state index in [0.717, 1.165) is 23.9 Å². The maximum absolute atomic E-state index is 12.4. The first-order valence-corrected chi connectivity index (χ1v) is 6.30. The number of thioether (sulfide) groups is 1. The molecule has 1 rings (SSSR count). The van der Waals surface area contributed by atoms with E-state index in [4.69, 9.17) is 5.73 Å². The van der Waals surface area contributed by atoms with E-state index >= 15 is 0 Å². The average Bonchev–Trinajstić information content (AvgIpc) is 2.33. The highest BCUT2D eigenvalue weighted by atomic mass is 32.2. The first-order chi connectivity index (χ1) is 8.84. The Hall–Kier alpha value is -1.63. The number of halogens is 3. The van der Waals surface area contributed by atoms with Crippen molar-refractivity contribution >= 4 is 23.4 Å². The van der Waals surface area contributed by atoms with E-state index in [-0.39, 0.29) is 17.3 Å². The van der Waals surface area contributed by atoms with Crippen LogP contribution < -0.4 is 11.1 Å². The number of nitrogen functional groups attached to an aromatic ring is 1. The summed E-state index contributed by atoms with van der Waals surface area (Å²) in [5, 5.41) is 2.56. The molecule has 0 fully saturated rings. The van der Waals surface area contributed by atoms with Gasteiger partial charge in [0, 0.05) is 17.1 Å². The summed E-state index contributed by atoms with van der Waals surface area (Å²) in [6.07, 6.45) is -2.88. The Labute approximate surface area is 113 Å². The summed E-state index contributed by atoms with van der Waals surface area (Å²) < 4.78 is 37.3. The van der Waals surface area contributed by atoms with Gasteiger partial charge in [0.05, 0.1) is 11.3 Å². The Bertz CT molecular complexity index is 475. The van der Waals surface area contributed by atoms with Gasteiger partial charge in [-0.3, -0.25) is 4.79 Å². The number of carbonyl (C=O) groups is 1. The number of nitrogens with two attached hydrogens (primary N) is 1. The van der Waals surface area contributed by atoms with Gasteiger partial charge in [-0.2, -0.15) is 13.2 Å². The lowest BCUT2D eigenvalue weighted by molar-refractivity contribution is -0.137. The van der Waals surface area contributed by atoms with Crippen molar-refractivity contribution in [2.75, 3.05) is 18.0 Å². The van der Waals surface area contributed by atoms with E-state index in [2.05, 4.69) is 11.9 Å². The second-order valence-corrected chi connectivity index (χ2v) is 4.65. The van der Waals surface area contributed by atoms with E-state index in [1.807, 2.05) is 0 Å². The lowest BCUT2D eigenvalue weighted by Gasteiger charge is -2.10. The van der Waals surface area contributed by atoms with Crippen LogP contribution in [0.15, 0.2) is 35.7 Å². The van der Waals surface area contributed by atoms with Gasteiger partial charge in [-0.05, 0) is 18.2 Å². The SMILES string of the molecule is C=CCNC(=O)CSc1ccc(C(F)(F)F)cc1N. The smallest absolute Gasteiger partial charge is 0.398 e. The molecule has 104 valence electrons. The number of rotatable bonds is 5. The number of hydrogen-bond acceptors (Lipinski definition) is 3. The van der Waals surface area contributed by atoms with Crippen LogP contribution in [0.2, 0.25) is 0 Å². The Morgan fingerprint density at radius 3 is 2.68 bits per heavy atom. The first kappa shape index (κ1) is 15.4. The highest BCUT2D eigenvalue weighted by Crippen LogP contribution is 2.34. The average molecular weight is 290 g/mol. The second-order valence-electron chi connectivity index (χ2n) is 3.63. The fourth-order valence-electron chi connectivity index (χ4n) is 1.24. The molecule has 0 bridgehead atoms. The molecule has 0 aliphatic heterocycles. The fraction of sp³-hybridized carbons (Fsp3) is 0.250. The summed E-state index contributed by atoms with van der Waals surface area (Å²) in [7, 11) is 0. The van der Waals surface area contributed by atoms with Gasteiger partial charge >= 0.3 is 6.18 Å². The lowest BCUT2D eigenvalue weighted by atomic mass is 10.2. The van der Waals surface area contributed by atoms with Crippen LogP contribution >= 0.6 is 11.8 Å². The highest BCUT2D eigenvalue weighted by molar-refractivity contribution is 8.00. The van der Waals surface area contributed by atoms with Crippen LogP contribution in [-0.4, -0.2) is 18.2 Å². The second kappa shape index (κ2) is 6.51. The quantitative estimate of drug-likeness (QED) is 0.498. The Morgan fingerprint density at radius 2 is 2.16 bits per heavy atom. The third kappa shape index (κ3) is 4.86. The molecule has 7 heteroatoms. The molecule has 0 heterocycles. The van der Waals surface area contributed by atoms with Crippen LogP contribution in [0.4, 0.5) is 18.9 Å². The molecule has 0 saturated carbocycles. The summed E-state index contributed by atoms with van der Waals surface area (Å²) in [6, 6.07) is 3.08. The summed E-state index contributed by atoms with van der Waals surface area (Å²) in [6.45, 7) is 3.80. The molecule has 0 aliphatic carbocycles. The standard InChI is InChI=1S/C12H13F3N2OS/c1-2-5-17-11(18)7-19-10-4-3-8(6-9(10)16)12(13,14)15/h2-4,6H,1,5,7,16H2,(H,17,18). The topological polar surface area (TPSA) is 55.1 Å². The molecule has 0 aromatic heterocycles. The molecular formula is C12H13F3N2OS. The zero-order chi connectivity index (χ0) is 14.5. The number of anilines is 1. The molecule has 0 saturated heterocycles. The van der Waals surface area contributed by atoms with Crippen molar-refractivity contribution in [3.8, 4) is 0 Å². The maximum atomic E-state index is 12.4. The van der Waals surface area contributed by atoms with Gasteiger partial charge < -0.3 is 11.1 Å². The summed E-state index contributed by atoms with van der Waals surface area (Å²) >= 11 is 1.09. The van der Waals surface area contributed by atoms with Crippen LogP contribution in [0, 0.1) is 0 Å². The van der Waals surface area contributed by atoms with Crippen molar-refractivity contribution in [1.29, 1.82) is 0 Å². The van der Waals surface area contributed by atoms with Crippen LogP contribution in [0.3, 0.4) is 0 Å². The molecule has 0 unspecified atom stereocenters. The molecule has 0 atom stereocenters. The largest absolute Gasteiger partial charge is 0.416 e. The molecule has 3 N–H and O–H groups in total. The van der Waals surface area contributed by atoms with E-state index in [9.17, 15) is 18.0 Å². The Balaban J connectivity index is 2.65. The lowest BCUT2D eigenvalue weighted by Crippen LogP contribution is -2.24. The fourth-order valence-corrected chi connectivity index (χ4v) is 2.02. The van der Waals surface area contributed by atoms with Gasteiger partial charge in [-0.25, -0.2) is 0 Å². The minimum absolute atomic E-state index is 0.0105.